The smallest absolute Gasteiger partial charge is 0.368 e. The molecule has 1 aromatic heterocycles. The van der Waals surface area contributed by atoms with Crippen LogP contribution >= 0.6 is 11.6 Å². The van der Waals surface area contributed by atoms with Crippen molar-refractivity contribution >= 4 is 40.0 Å². The fraction of sp³-hybridized carbons (Fsp3) is 0.125. The molecular formula is C24H19ClF3N5O. The molecule has 3 aromatic carbocycles. The number of para-hydroxylation sites is 1. The first-order valence-corrected chi connectivity index (χ1v) is 10.7. The number of amides is 2. The van der Waals surface area contributed by atoms with Gasteiger partial charge in [-0.1, -0.05) is 23.7 Å². The molecule has 0 unspecified atom stereocenters. The molecule has 10 heteroatoms. The van der Waals surface area contributed by atoms with Crippen LogP contribution in [0.5, 0.6) is 0 Å². The van der Waals surface area contributed by atoms with Gasteiger partial charge in [0.1, 0.15) is 5.82 Å². The predicted molar refractivity (Wildman–Crippen MR) is 127 cm³/mol. The van der Waals surface area contributed by atoms with Crippen LogP contribution in [0.4, 0.5) is 29.5 Å². The summed E-state index contributed by atoms with van der Waals surface area (Å²) >= 11 is 5.97. The van der Waals surface area contributed by atoms with Gasteiger partial charge < -0.3 is 16.0 Å². The molecule has 0 spiro atoms. The van der Waals surface area contributed by atoms with Crippen LogP contribution in [0, 0.1) is 0 Å². The lowest BCUT2D eigenvalue weighted by Crippen LogP contribution is -2.32. The van der Waals surface area contributed by atoms with Gasteiger partial charge in [-0.25, -0.2) is 14.8 Å². The summed E-state index contributed by atoms with van der Waals surface area (Å²) in [4.78, 5) is 21.3. The molecule has 4 rings (SSSR count). The van der Waals surface area contributed by atoms with Crippen molar-refractivity contribution in [2.24, 2.45) is 0 Å². The van der Waals surface area contributed by atoms with E-state index in [1.54, 1.807) is 12.1 Å². The van der Waals surface area contributed by atoms with E-state index in [1.165, 1.54) is 12.1 Å². The Balaban J connectivity index is 1.37. The van der Waals surface area contributed by atoms with Crippen LogP contribution in [0.25, 0.3) is 22.3 Å². The van der Waals surface area contributed by atoms with Crippen LogP contribution in [-0.4, -0.2) is 29.1 Å². The Morgan fingerprint density at radius 3 is 2.29 bits per heavy atom. The Morgan fingerprint density at radius 2 is 1.59 bits per heavy atom. The number of rotatable bonds is 6. The van der Waals surface area contributed by atoms with Crippen molar-refractivity contribution in [3.05, 3.63) is 83.4 Å². The number of carbonyl (C=O) groups excluding carboxylic acids is 1. The first-order valence-electron chi connectivity index (χ1n) is 10.3. The molecule has 1 heterocycles. The summed E-state index contributed by atoms with van der Waals surface area (Å²) in [6.45, 7) is 0.614. The van der Waals surface area contributed by atoms with Crippen molar-refractivity contribution in [1.29, 1.82) is 0 Å². The molecule has 0 aliphatic rings. The topological polar surface area (TPSA) is 78.9 Å². The second-order valence-corrected chi connectivity index (χ2v) is 7.74. The second-order valence-electron chi connectivity index (χ2n) is 7.30. The molecule has 0 saturated carbocycles. The number of halogens is 4. The molecule has 3 N–H and O–H groups in total. The van der Waals surface area contributed by atoms with E-state index in [0.717, 1.165) is 28.6 Å². The molecular weight excluding hydrogens is 467 g/mol. The standard InChI is InChI=1S/C24H19ClF3N5O/c25-17-9-5-15(6-10-17)21-32-20-4-2-1-3-19(20)22(33-21)29-13-14-30-23(34)31-18-11-7-16(8-12-18)24(26,27)28/h1-12H,13-14H2,(H,29,32,33)(H2,30,31,34). The highest BCUT2D eigenvalue weighted by Crippen LogP contribution is 2.30. The summed E-state index contributed by atoms with van der Waals surface area (Å²) in [6, 6.07) is 18.5. The summed E-state index contributed by atoms with van der Waals surface area (Å²) in [7, 11) is 0. The fourth-order valence-corrected chi connectivity index (χ4v) is 3.34. The Labute approximate surface area is 198 Å². The highest BCUT2D eigenvalue weighted by Gasteiger charge is 2.29. The number of aromatic nitrogens is 2. The number of hydrogen-bond acceptors (Lipinski definition) is 4. The van der Waals surface area contributed by atoms with Crippen LogP contribution in [0.3, 0.4) is 0 Å². The average molecular weight is 486 g/mol. The van der Waals surface area contributed by atoms with Crippen LogP contribution in [-0.2, 0) is 6.18 Å². The number of alkyl halides is 3. The van der Waals surface area contributed by atoms with Gasteiger partial charge in [-0.2, -0.15) is 13.2 Å². The Kier molecular flexibility index (Phi) is 6.83. The molecule has 0 aliphatic heterocycles. The van der Waals surface area contributed by atoms with Gasteiger partial charge in [-0.05, 0) is 60.7 Å². The number of anilines is 2. The van der Waals surface area contributed by atoms with E-state index in [1.807, 2.05) is 36.4 Å². The van der Waals surface area contributed by atoms with E-state index < -0.39 is 17.8 Å². The van der Waals surface area contributed by atoms with E-state index in [2.05, 4.69) is 25.9 Å². The zero-order chi connectivity index (χ0) is 24.1. The van der Waals surface area contributed by atoms with Crippen LogP contribution in [0.1, 0.15) is 5.56 Å². The number of carbonyl (C=O) groups is 1. The molecule has 4 aromatic rings. The van der Waals surface area contributed by atoms with Gasteiger partial charge in [0.2, 0.25) is 0 Å². The van der Waals surface area contributed by atoms with Crippen LogP contribution in [0.2, 0.25) is 5.02 Å². The minimum atomic E-state index is -4.43. The Morgan fingerprint density at radius 1 is 0.882 bits per heavy atom. The highest BCUT2D eigenvalue weighted by atomic mass is 35.5. The zero-order valence-electron chi connectivity index (χ0n) is 17.7. The number of nitrogens with one attached hydrogen (secondary N) is 3. The zero-order valence-corrected chi connectivity index (χ0v) is 18.4. The van der Waals surface area contributed by atoms with Gasteiger partial charge in [0, 0.05) is 34.7 Å². The number of fused-ring (bicyclic) bond motifs is 1. The van der Waals surface area contributed by atoms with Gasteiger partial charge in [-0.15, -0.1) is 0 Å². The van der Waals surface area contributed by atoms with Gasteiger partial charge >= 0.3 is 12.2 Å². The highest BCUT2D eigenvalue weighted by molar-refractivity contribution is 6.30. The molecule has 34 heavy (non-hydrogen) atoms. The number of nitrogens with zero attached hydrogens (tertiary/aromatic N) is 2. The van der Waals surface area contributed by atoms with E-state index in [9.17, 15) is 18.0 Å². The van der Waals surface area contributed by atoms with Crippen molar-refractivity contribution in [1.82, 2.24) is 15.3 Å². The van der Waals surface area contributed by atoms with Crippen molar-refractivity contribution in [3.8, 4) is 11.4 Å². The quantitative estimate of drug-likeness (QED) is 0.284. The van der Waals surface area contributed by atoms with Crippen LogP contribution < -0.4 is 16.0 Å². The molecule has 0 radical (unpaired) electrons. The summed E-state index contributed by atoms with van der Waals surface area (Å²) < 4.78 is 37.9. The third-order valence-electron chi connectivity index (χ3n) is 4.88. The third-order valence-corrected chi connectivity index (χ3v) is 5.13. The molecule has 6 nitrogen and oxygen atoms in total. The first kappa shape index (κ1) is 23.3. The molecule has 0 saturated heterocycles. The number of benzene rings is 3. The average Bonchev–Trinajstić information content (AvgIpc) is 2.82. The lowest BCUT2D eigenvalue weighted by atomic mass is 10.2. The van der Waals surface area contributed by atoms with Crippen molar-refractivity contribution in [3.63, 3.8) is 0 Å². The van der Waals surface area contributed by atoms with E-state index in [4.69, 9.17) is 11.6 Å². The van der Waals surface area contributed by atoms with Crippen molar-refractivity contribution in [2.45, 2.75) is 6.18 Å². The molecule has 0 atom stereocenters. The minimum absolute atomic E-state index is 0.251. The normalized spacial score (nSPS) is 11.3. The maximum absolute atomic E-state index is 12.6. The lowest BCUT2D eigenvalue weighted by Gasteiger charge is -2.12. The number of hydrogen-bond donors (Lipinski definition) is 3. The van der Waals surface area contributed by atoms with Crippen molar-refractivity contribution < 1.29 is 18.0 Å². The molecule has 174 valence electrons. The van der Waals surface area contributed by atoms with Crippen molar-refractivity contribution in [2.75, 3.05) is 23.7 Å². The summed E-state index contributed by atoms with van der Waals surface area (Å²) in [5.74, 6) is 1.14. The van der Waals surface area contributed by atoms with E-state index >= 15 is 0 Å². The fourth-order valence-electron chi connectivity index (χ4n) is 3.21. The maximum atomic E-state index is 12.6. The second kappa shape index (κ2) is 9.96. The molecule has 2 amide bonds. The first-order chi connectivity index (χ1) is 16.3. The monoisotopic (exact) mass is 485 g/mol. The predicted octanol–water partition coefficient (Wildman–Crippen LogP) is 6.20. The minimum Gasteiger partial charge on any atom is -0.368 e. The number of urea groups is 1. The van der Waals surface area contributed by atoms with Crippen LogP contribution in [0.15, 0.2) is 72.8 Å². The molecule has 0 bridgehead atoms. The van der Waals surface area contributed by atoms with Gasteiger partial charge in [0.05, 0.1) is 11.1 Å². The Hall–Kier alpha value is -3.85. The largest absolute Gasteiger partial charge is 0.416 e. The summed E-state index contributed by atoms with van der Waals surface area (Å²) in [5.41, 5.74) is 1.05. The maximum Gasteiger partial charge on any atom is 0.416 e. The Bertz CT molecular complexity index is 1290. The van der Waals surface area contributed by atoms with Gasteiger partial charge in [0.25, 0.3) is 0 Å². The molecule has 0 aliphatic carbocycles. The van der Waals surface area contributed by atoms with E-state index in [-0.39, 0.29) is 12.2 Å². The molecule has 0 fully saturated rings. The van der Waals surface area contributed by atoms with Gasteiger partial charge in [0.15, 0.2) is 5.82 Å². The third kappa shape index (κ3) is 5.74. The lowest BCUT2D eigenvalue weighted by molar-refractivity contribution is -0.137. The van der Waals surface area contributed by atoms with Gasteiger partial charge in [-0.3, -0.25) is 0 Å². The SMILES string of the molecule is O=C(NCCNc1nc(-c2ccc(Cl)cc2)nc2ccccc12)Nc1ccc(C(F)(F)F)cc1. The summed E-state index contributed by atoms with van der Waals surface area (Å²) in [5, 5.41) is 9.81. The van der Waals surface area contributed by atoms with E-state index in [0.29, 0.717) is 23.2 Å². The summed E-state index contributed by atoms with van der Waals surface area (Å²) in [6.07, 6.45) is -4.43.